The first-order valence-electron chi connectivity index (χ1n) is 7.21. The van der Waals surface area contributed by atoms with Crippen LogP contribution in [-0.4, -0.2) is 30.6 Å². The van der Waals surface area contributed by atoms with Crippen LogP contribution in [0.5, 0.6) is 5.75 Å². The van der Waals surface area contributed by atoms with Gasteiger partial charge in [-0.1, -0.05) is 13.8 Å². The third-order valence-corrected chi connectivity index (χ3v) is 3.07. The second-order valence-corrected chi connectivity index (χ2v) is 5.75. The first kappa shape index (κ1) is 15.8. The second kappa shape index (κ2) is 8.05. The highest BCUT2D eigenvalue weighted by Gasteiger charge is 2.10. The summed E-state index contributed by atoms with van der Waals surface area (Å²) in [7, 11) is 0. The Morgan fingerprint density at radius 3 is 2.26 bits per heavy atom. The van der Waals surface area contributed by atoms with Gasteiger partial charge >= 0.3 is 0 Å². The van der Waals surface area contributed by atoms with E-state index < -0.39 is 0 Å². The predicted molar refractivity (Wildman–Crippen MR) is 82.5 cm³/mol. The maximum Gasteiger partial charge on any atom is 0.119 e. The fourth-order valence-corrected chi connectivity index (χ4v) is 2.05. The molecule has 0 heterocycles. The lowest BCUT2D eigenvalue weighted by Gasteiger charge is -2.28. The fraction of sp³-hybridized carbons (Fsp3) is 0.625. The zero-order chi connectivity index (χ0) is 14.3. The minimum absolute atomic E-state index is 0.596. The Morgan fingerprint density at radius 2 is 1.74 bits per heavy atom. The molecule has 0 aliphatic rings. The minimum atomic E-state index is 0.596. The molecule has 0 aliphatic carbocycles. The first-order valence-corrected chi connectivity index (χ1v) is 7.21. The van der Waals surface area contributed by atoms with Crippen molar-refractivity contribution in [2.45, 2.75) is 40.2 Å². The summed E-state index contributed by atoms with van der Waals surface area (Å²) >= 11 is 0. The minimum Gasteiger partial charge on any atom is -0.494 e. The molecule has 0 aromatic heterocycles. The number of nitrogens with two attached hydrogens (primary N) is 1. The van der Waals surface area contributed by atoms with Crippen molar-refractivity contribution < 1.29 is 4.74 Å². The Hall–Kier alpha value is -1.22. The number of nitrogen functional groups attached to an aromatic ring is 1. The maximum atomic E-state index is 5.71. The SMILES string of the molecule is CC(C)CN(CCCOc1ccc(N)cc1)C(C)C. The van der Waals surface area contributed by atoms with Crippen LogP contribution in [0.2, 0.25) is 0 Å². The summed E-state index contributed by atoms with van der Waals surface area (Å²) in [4.78, 5) is 2.51. The van der Waals surface area contributed by atoms with Gasteiger partial charge in [0, 0.05) is 24.8 Å². The van der Waals surface area contributed by atoms with E-state index in [1.807, 2.05) is 24.3 Å². The van der Waals surface area contributed by atoms with Crippen LogP contribution in [0.3, 0.4) is 0 Å². The van der Waals surface area contributed by atoms with Crippen LogP contribution in [0.4, 0.5) is 5.69 Å². The molecule has 0 saturated carbocycles. The van der Waals surface area contributed by atoms with Crippen molar-refractivity contribution in [1.29, 1.82) is 0 Å². The molecule has 0 spiro atoms. The van der Waals surface area contributed by atoms with Gasteiger partial charge < -0.3 is 15.4 Å². The lowest BCUT2D eigenvalue weighted by atomic mass is 10.1. The van der Waals surface area contributed by atoms with Crippen molar-refractivity contribution >= 4 is 5.69 Å². The van der Waals surface area contributed by atoms with Crippen LogP contribution in [0.1, 0.15) is 34.1 Å². The number of hydrogen-bond acceptors (Lipinski definition) is 3. The highest BCUT2D eigenvalue weighted by Crippen LogP contribution is 2.13. The van der Waals surface area contributed by atoms with E-state index in [1.165, 1.54) is 0 Å². The lowest BCUT2D eigenvalue weighted by molar-refractivity contribution is 0.179. The van der Waals surface area contributed by atoms with E-state index in [9.17, 15) is 0 Å². The van der Waals surface area contributed by atoms with Gasteiger partial charge in [-0.15, -0.1) is 0 Å². The molecular formula is C16H28N2O. The largest absolute Gasteiger partial charge is 0.494 e. The number of rotatable bonds is 8. The molecule has 108 valence electrons. The monoisotopic (exact) mass is 264 g/mol. The standard InChI is InChI=1S/C16H28N2O/c1-13(2)12-18(14(3)4)10-5-11-19-16-8-6-15(17)7-9-16/h6-9,13-14H,5,10-12,17H2,1-4H3. The van der Waals surface area contributed by atoms with Crippen LogP contribution in [0.25, 0.3) is 0 Å². The zero-order valence-electron chi connectivity index (χ0n) is 12.7. The molecule has 0 bridgehead atoms. The molecule has 0 fully saturated rings. The van der Waals surface area contributed by atoms with Crippen LogP contribution >= 0.6 is 0 Å². The topological polar surface area (TPSA) is 38.5 Å². The molecule has 0 saturated heterocycles. The maximum absolute atomic E-state index is 5.71. The molecule has 0 radical (unpaired) electrons. The van der Waals surface area contributed by atoms with Gasteiger partial charge in [-0.2, -0.15) is 0 Å². The summed E-state index contributed by atoms with van der Waals surface area (Å²) in [5.74, 6) is 1.61. The van der Waals surface area contributed by atoms with Crippen LogP contribution in [-0.2, 0) is 0 Å². The van der Waals surface area contributed by atoms with E-state index in [1.54, 1.807) is 0 Å². The molecule has 0 unspecified atom stereocenters. The summed E-state index contributed by atoms with van der Waals surface area (Å²) in [6.45, 7) is 12.0. The van der Waals surface area contributed by atoms with Crippen molar-refractivity contribution in [3.8, 4) is 5.75 Å². The van der Waals surface area contributed by atoms with Gasteiger partial charge in [-0.05, 0) is 50.5 Å². The van der Waals surface area contributed by atoms with Gasteiger partial charge in [-0.3, -0.25) is 0 Å². The highest BCUT2D eigenvalue weighted by atomic mass is 16.5. The molecule has 1 aromatic rings. The third kappa shape index (κ3) is 6.48. The lowest BCUT2D eigenvalue weighted by Crippen LogP contribution is -2.35. The predicted octanol–water partition coefficient (Wildman–Crippen LogP) is 3.40. The molecule has 0 amide bonds. The van der Waals surface area contributed by atoms with Gasteiger partial charge in [0.25, 0.3) is 0 Å². The van der Waals surface area contributed by atoms with Crippen molar-refractivity contribution in [1.82, 2.24) is 4.90 Å². The second-order valence-electron chi connectivity index (χ2n) is 5.75. The summed E-state index contributed by atoms with van der Waals surface area (Å²) in [6.07, 6.45) is 1.05. The molecule has 0 atom stereocenters. The van der Waals surface area contributed by atoms with Gasteiger partial charge in [-0.25, -0.2) is 0 Å². The highest BCUT2D eigenvalue weighted by molar-refractivity contribution is 5.41. The molecule has 19 heavy (non-hydrogen) atoms. The number of hydrogen-bond donors (Lipinski definition) is 1. The average Bonchev–Trinajstić information content (AvgIpc) is 2.34. The van der Waals surface area contributed by atoms with E-state index in [2.05, 4.69) is 32.6 Å². The normalized spacial score (nSPS) is 11.5. The van der Waals surface area contributed by atoms with Crippen LogP contribution in [0, 0.1) is 5.92 Å². The molecule has 3 nitrogen and oxygen atoms in total. The van der Waals surface area contributed by atoms with Crippen molar-refractivity contribution in [2.24, 2.45) is 5.92 Å². The van der Waals surface area contributed by atoms with E-state index in [-0.39, 0.29) is 0 Å². The molecule has 1 aromatic carbocycles. The van der Waals surface area contributed by atoms with Crippen molar-refractivity contribution in [3.63, 3.8) is 0 Å². The Morgan fingerprint density at radius 1 is 1.11 bits per heavy atom. The molecular weight excluding hydrogens is 236 g/mol. The quantitative estimate of drug-likeness (QED) is 0.577. The summed E-state index contributed by atoms with van der Waals surface area (Å²) < 4.78 is 5.71. The van der Waals surface area contributed by atoms with E-state index in [0.29, 0.717) is 12.0 Å². The number of ether oxygens (including phenoxy) is 1. The summed E-state index contributed by atoms with van der Waals surface area (Å²) in [5, 5.41) is 0. The number of benzene rings is 1. The number of nitrogens with zero attached hydrogens (tertiary/aromatic N) is 1. The van der Waals surface area contributed by atoms with E-state index in [0.717, 1.165) is 37.6 Å². The van der Waals surface area contributed by atoms with Crippen molar-refractivity contribution in [3.05, 3.63) is 24.3 Å². The average molecular weight is 264 g/mol. The van der Waals surface area contributed by atoms with Crippen LogP contribution in [0.15, 0.2) is 24.3 Å². The Labute approximate surface area is 117 Å². The summed E-state index contributed by atoms with van der Waals surface area (Å²) in [5.41, 5.74) is 6.41. The fourth-order valence-electron chi connectivity index (χ4n) is 2.05. The summed E-state index contributed by atoms with van der Waals surface area (Å²) in [6, 6.07) is 8.18. The first-order chi connectivity index (χ1) is 8.99. The molecule has 1 rings (SSSR count). The third-order valence-electron chi connectivity index (χ3n) is 3.07. The Balaban J connectivity index is 2.26. The van der Waals surface area contributed by atoms with Crippen molar-refractivity contribution in [2.75, 3.05) is 25.4 Å². The van der Waals surface area contributed by atoms with E-state index in [4.69, 9.17) is 10.5 Å². The zero-order valence-corrected chi connectivity index (χ0v) is 12.7. The molecule has 3 heteroatoms. The number of anilines is 1. The Kier molecular flexibility index (Phi) is 6.71. The van der Waals surface area contributed by atoms with Gasteiger partial charge in [0.15, 0.2) is 0 Å². The molecule has 0 aliphatic heterocycles. The smallest absolute Gasteiger partial charge is 0.119 e. The van der Waals surface area contributed by atoms with Crippen LogP contribution < -0.4 is 10.5 Å². The molecule has 2 N–H and O–H groups in total. The Bertz CT molecular complexity index is 346. The van der Waals surface area contributed by atoms with Gasteiger partial charge in [0.2, 0.25) is 0 Å². The van der Waals surface area contributed by atoms with E-state index >= 15 is 0 Å². The van der Waals surface area contributed by atoms with Gasteiger partial charge in [0.05, 0.1) is 6.61 Å². The van der Waals surface area contributed by atoms with Gasteiger partial charge in [0.1, 0.15) is 5.75 Å².